The minimum atomic E-state index is -1.80. The van der Waals surface area contributed by atoms with Crippen LogP contribution in [-0.2, 0) is 28.8 Å². The number of hydrogen-bond donors (Lipinski definition) is 6. The van der Waals surface area contributed by atoms with Gasteiger partial charge in [0.1, 0.15) is 17.6 Å². The van der Waals surface area contributed by atoms with E-state index in [4.69, 9.17) is 33.7 Å². The van der Waals surface area contributed by atoms with Gasteiger partial charge in [0.2, 0.25) is 12.3 Å². The van der Waals surface area contributed by atoms with Gasteiger partial charge in [0, 0.05) is 5.56 Å². The number of unbranched alkanes of at least 4 members (excludes halogenated alkanes) is 2. The number of carboxylic acids is 3. The molecule has 0 fully saturated rings. The fourth-order valence-electron chi connectivity index (χ4n) is 5.81. The van der Waals surface area contributed by atoms with E-state index in [0.717, 1.165) is 17.9 Å². The summed E-state index contributed by atoms with van der Waals surface area (Å²) in [6.45, 7) is 2.45. The number of carbonyl (C=O) groups is 8. The van der Waals surface area contributed by atoms with Gasteiger partial charge in [-0.25, -0.2) is 14.4 Å². The van der Waals surface area contributed by atoms with Crippen molar-refractivity contribution in [3.63, 3.8) is 0 Å². The Kier molecular flexibility index (Phi) is 17.7. The number of furan rings is 1. The highest BCUT2D eigenvalue weighted by molar-refractivity contribution is 6.00. The third-order valence-electron chi connectivity index (χ3n) is 8.76. The molecule has 0 aliphatic heterocycles. The molecule has 3 atom stereocenters. The summed E-state index contributed by atoms with van der Waals surface area (Å²) >= 11 is 0. The van der Waals surface area contributed by atoms with E-state index in [0.29, 0.717) is 25.0 Å². The lowest BCUT2D eigenvalue weighted by molar-refractivity contribution is -0.171. The molecule has 0 spiro atoms. The first-order chi connectivity index (χ1) is 28.2. The largest absolute Gasteiger partial charge is 0.493 e. The number of carboxylic acid groups (broad SMARTS) is 3. The van der Waals surface area contributed by atoms with Crippen molar-refractivity contribution in [3.05, 3.63) is 65.4 Å². The third kappa shape index (κ3) is 13.2. The number of amides is 4. The molecule has 6 N–H and O–H groups in total. The van der Waals surface area contributed by atoms with Gasteiger partial charge < -0.3 is 54.7 Å². The molecule has 59 heavy (non-hydrogen) atoms. The molecule has 4 amide bonds. The molecule has 0 unspecified atom stereocenters. The van der Waals surface area contributed by atoms with Gasteiger partial charge in [0.05, 0.1) is 50.4 Å². The predicted octanol–water partition coefficient (Wildman–Crippen LogP) is 3.09. The highest BCUT2D eigenvalue weighted by Gasteiger charge is 2.34. The Labute approximate surface area is 337 Å². The fourth-order valence-corrected chi connectivity index (χ4v) is 5.81. The zero-order valence-corrected chi connectivity index (χ0v) is 32.7. The van der Waals surface area contributed by atoms with Crippen molar-refractivity contribution in [1.82, 2.24) is 21.0 Å². The Morgan fingerprint density at radius 3 is 2.17 bits per heavy atom. The van der Waals surface area contributed by atoms with Crippen molar-refractivity contribution in [2.24, 2.45) is 5.92 Å². The minimum absolute atomic E-state index is 0.0668. The van der Waals surface area contributed by atoms with Crippen molar-refractivity contribution in [1.29, 1.82) is 0 Å². The standard InChI is InChI=1S/C39H46N4O16/c1-5-7-8-9-24(27(6-2)43(21-44)59-39(54)23-11-13-29(55-3)32(17-23)56-4)35(49)40-20-41-37(51)30-15-14-28(58-30)22-10-12-25(31(16-22)57-19-34(47)48)36(50)42-26(38(52)53)18-33(45)46/h10-17,21,24,26-27H,5-9,18-20H2,1-4H3,(H,40,49)(H,41,51)(H,42,50)(H,45,46)(H,47,48)(H,52,53)/t24-,26+,27-/m1/s1. The summed E-state index contributed by atoms with van der Waals surface area (Å²) in [5, 5.41) is 35.4. The molecule has 0 radical (unpaired) electrons. The molecule has 0 aliphatic carbocycles. The van der Waals surface area contributed by atoms with Gasteiger partial charge in [-0.2, -0.15) is 5.06 Å². The zero-order valence-electron chi connectivity index (χ0n) is 32.7. The van der Waals surface area contributed by atoms with Crippen LogP contribution in [0.3, 0.4) is 0 Å². The van der Waals surface area contributed by atoms with Crippen molar-refractivity contribution in [2.45, 2.75) is 64.5 Å². The summed E-state index contributed by atoms with van der Waals surface area (Å²) in [4.78, 5) is 104. The Bertz CT molecular complexity index is 2000. The van der Waals surface area contributed by atoms with Gasteiger partial charge in [-0.05, 0) is 55.3 Å². The number of nitrogens with one attached hydrogen (secondary N) is 3. The highest BCUT2D eigenvalue weighted by atomic mass is 16.7. The molecular weight excluding hydrogens is 780 g/mol. The Balaban J connectivity index is 1.73. The number of ether oxygens (including phenoxy) is 3. The lowest BCUT2D eigenvalue weighted by Gasteiger charge is -2.31. The quantitative estimate of drug-likeness (QED) is 0.0310. The van der Waals surface area contributed by atoms with Crippen LogP contribution in [0.1, 0.15) is 83.6 Å². The zero-order chi connectivity index (χ0) is 43.6. The summed E-state index contributed by atoms with van der Waals surface area (Å²) in [5.74, 6) is -8.36. The van der Waals surface area contributed by atoms with Crippen LogP contribution in [-0.4, -0.2) is 108 Å². The van der Waals surface area contributed by atoms with Crippen LogP contribution in [0.5, 0.6) is 17.2 Å². The summed E-state index contributed by atoms with van der Waals surface area (Å²) in [6.07, 6.45) is 2.19. The number of rotatable bonds is 25. The van der Waals surface area contributed by atoms with Crippen molar-refractivity contribution in [2.75, 3.05) is 27.5 Å². The molecule has 3 aromatic rings. The molecule has 0 saturated carbocycles. The molecule has 0 aliphatic rings. The normalized spacial score (nSPS) is 12.1. The van der Waals surface area contributed by atoms with E-state index in [-0.39, 0.29) is 52.8 Å². The third-order valence-corrected chi connectivity index (χ3v) is 8.76. The monoisotopic (exact) mass is 826 g/mol. The number of methoxy groups -OCH3 is 2. The molecular formula is C39H46N4O16. The minimum Gasteiger partial charge on any atom is -0.493 e. The topological polar surface area (TPSA) is 287 Å². The van der Waals surface area contributed by atoms with Gasteiger partial charge in [0.15, 0.2) is 23.9 Å². The van der Waals surface area contributed by atoms with Crippen molar-refractivity contribution >= 4 is 48.0 Å². The predicted molar refractivity (Wildman–Crippen MR) is 203 cm³/mol. The van der Waals surface area contributed by atoms with Crippen molar-refractivity contribution in [3.8, 4) is 28.6 Å². The maximum absolute atomic E-state index is 13.6. The van der Waals surface area contributed by atoms with E-state index < -0.39 is 72.6 Å². The van der Waals surface area contributed by atoms with Crippen LogP contribution in [0.4, 0.5) is 0 Å². The van der Waals surface area contributed by atoms with Crippen LogP contribution in [0, 0.1) is 5.92 Å². The molecule has 3 rings (SSSR count). The number of aliphatic carboxylic acids is 3. The second kappa shape index (κ2) is 22.6. The van der Waals surface area contributed by atoms with E-state index >= 15 is 0 Å². The summed E-state index contributed by atoms with van der Waals surface area (Å²) in [6, 6.07) is 8.08. The number of nitrogens with zero attached hydrogens (tertiary/aromatic N) is 1. The van der Waals surface area contributed by atoms with E-state index in [1.807, 2.05) is 6.92 Å². The van der Waals surface area contributed by atoms with Crippen LogP contribution >= 0.6 is 0 Å². The SMILES string of the molecule is CCCCC[C@@H](C(=O)NCNC(=O)c1ccc(-c2ccc(C(=O)N[C@@H](CC(=O)O)C(=O)O)c(OCC(=O)O)c2)o1)[C@@H](CC)N(C=O)OC(=O)c1ccc(OC)c(OC)c1. The summed E-state index contributed by atoms with van der Waals surface area (Å²) < 4.78 is 21.4. The molecule has 1 aromatic heterocycles. The first kappa shape index (κ1) is 46.3. The molecule has 1 heterocycles. The number of carbonyl (C=O) groups excluding carboxylic acids is 5. The second-order valence-corrected chi connectivity index (χ2v) is 12.7. The van der Waals surface area contributed by atoms with Gasteiger partial charge in [-0.3, -0.25) is 24.0 Å². The number of benzene rings is 2. The Hall–Kier alpha value is -7.12. The maximum Gasteiger partial charge on any atom is 0.363 e. The fraction of sp³-hybridized carbons (Fsp3) is 0.385. The first-order valence-corrected chi connectivity index (χ1v) is 18.3. The first-order valence-electron chi connectivity index (χ1n) is 18.3. The van der Waals surface area contributed by atoms with Crippen LogP contribution in [0.25, 0.3) is 11.3 Å². The molecule has 20 heteroatoms. The molecule has 0 saturated heterocycles. The summed E-state index contributed by atoms with van der Waals surface area (Å²) in [5.41, 5.74) is -0.0311. The lowest BCUT2D eigenvalue weighted by atomic mass is 9.90. The van der Waals surface area contributed by atoms with Crippen LogP contribution < -0.4 is 30.2 Å². The van der Waals surface area contributed by atoms with E-state index in [1.54, 1.807) is 6.92 Å². The van der Waals surface area contributed by atoms with E-state index in [1.165, 1.54) is 62.8 Å². The number of hydrogen-bond acceptors (Lipinski definition) is 13. The molecule has 318 valence electrons. The van der Waals surface area contributed by atoms with Crippen molar-refractivity contribution < 1.29 is 77.1 Å². The van der Waals surface area contributed by atoms with E-state index in [2.05, 4.69) is 16.0 Å². The average molecular weight is 827 g/mol. The van der Waals surface area contributed by atoms with Gasteiger partial charge in [0.25, 0.3) is 11.8 Å². The lowest BCUT2D eigenvalue weighted by Crippen LogP contribution is -2.49. The molecule has 20 nitrogen and oxygen atoms in total. The van der Waals surface area contributed by atoms with Gasteiger partial charge in [-0.1, -0.05) is 39.2 Å². The molecule has 2 aromatic carbocycles. The van der Waals surface area contributed by atoms with Gasteiger partial charge in [-0.15, -0.1) is 0 Å². The van der Waals surface area contributed by atoms with E-state index in [9.17, 15) is 43.5 Å². The van der Waals surface area contributed by atoms with Crippen LogP contribution in [0.2, 0.25) is 0 Å². The maximum atomic E-state index is 13.6. The Morgan fingerprint density at radius 2 is 1.56 bits per heavy atom. The van der Waals surface area contributed by atoms with Crippen LogP contribution in [0.15, 0.2) is 52.9 Å². The van der Waals surface area contributed by atoms with Gasteiger partial charge >= 0.3 is 23.9 Å². The Morgan fingerprint density at radius 1 is 0.831 bits per heavy atom. The number of hydroxylamine groups is 2. The average Bonchev–Trinajstić information content (AvgIpc) is 3.72. The second-order valence-electron chi connectivity index (χ2n) is 12.7. The highest BCUT2D eigenvalue weighted by Crippen LogP contribution is 2.30. The summed E-state index contributed by atoms with van der Waals surface area (Å²) in [7, 11) is 2.83. The molecule has 0 bridgehead atoms. The smallest absolute Gasteiger partial charge is 0.363 e.